The van der Waals surface area contributed by atoms with E-state index in [1.165, 1.54) is 0 Å². The molecule has 29 heavy (non-hydrogen) atoms. The van der Waals surface area contributed by atoms with Crippen LogP contribution in [0.3, 0.4) is 0 Å². The molecular formula is C20H24N2O7. The molecule has 9 nitrogen and oxygen atoms in total. The summed E-state index contributed by atoms with van der Waals surface area (Å²) in [5, 5.41) is 0. The van der Waals surface area contributed by atoms with Gasteiger partial charge in [-0.25, -0.2) is 19.3 Å². The van der Waals surface area contributed by atoms with E-state index in [0.29, 0.717) is 5.56 Å². The molecule has 0 aliphatic carbocycles. The molecule has 2 fully saturated rings. The van der Waals surface area contributed by atoms with Crippen molar-refractivity contribution in [3.63, 3.8) is 0 Å². The van der Waals surface area contributed by atoms with Crippen LogP contribution in [0.4, 0.5) is 9.59 Å². The van der Waals surface area contributed by atoms with Crippen LogP contribution in [-0.2, 0) is 23.8 Å². The van der Waals surface area contributed by atoms with Crippen LogP contribution in [-0.4, -0.2) is 64.8 Å². The van der Waals surface area contributed by atoms with Crippen LogP contribution in [0.25, 0.3) is 0 Å². The van der Waals surface area contributed by atoms with E-state index in [0.717, 1.165) is 9.80 Å². The van der Waals surface area contributed by atoms with Gasteiger partial charge in [0.05, 0.1) is 6.61 Å². The smallest absolute Gasteiger partial charge is 0.417 e. The molecule has 9 heteroatoms. The number of rotatable bonds is 4. The van der Waals surface area contributed by atoms with Crippen molar-refractivity contribution < 1.29 is 33.4 Å². The number of benzene rings is 1. The maximum absolute atomic E-state index is 13.2. The van der Waals surface area contributed by atoms with Crippen molar-refractivity contribution in [2.45, 2.75) is 51.4 Å². The highest BCUT2D eigenvalue weighted by Crippen LogP contribution is 2.37. The SMILES string of the molecule is CCOC(=O)C1[C@H](C(=O)N2C(=O)OC[C@@H]2c2ccccc2)N1C(=O)OC(C)(C)C. The van der Waals surface area contributed by atoms with Gasteiger partial charge in [0.15, 0.2) is 6.04 Å². The first-order valence-electron chi connectivity index (χ1n) is 9.38. The molecule has 0 saturated carbocycles. The fraction of sp³-hybridized carbons (Fsp3) is 0.500. The highest BCUT2D eigenvalue weighted by molar-refractivity contribution is 6.06. The molecule has 0 spiro atoms. The van der Waals surface area contributed by atoms with Gasteiger partial charge in [0.1, 0.15) is 24.3 Å². The van der Waals surface area contributed by atoms with Gasteiger partial charge in [-0.3, -0.25) is 9.69 Å². The third-order valence-corrected chi connectivity index (χ3v) is 4.49. The summed E-state index contributed by atoms with van der Waals surface area (Å²) in [7, 11) is 0. The molecule has 2 saturated heterocycles. The Morgan fingerprint density at radius 2 is 1.79 bits per heavy atom. The summed E-state index contributed by atoms with van der Waals surface area (Å²) in [6.45, 7) is 6.74. The summed E-state index contributed by atoms with van der Waals surface area (Å²) >= 11 is 0. The second-order valence-corrected chi connectivity index (χ2v) is 7.74. The minimum Gasteiger partial charge on any atom is -0.464 e. The monoisotopic (exact) mass is 404 g/mol. The van der Waals surface area contributed by atoms with E-state index in [2.05, 4.69) is 0 Å². The quantitative estimate of drug-likeness (QED) is 0.431. The van der Waals surface area contributed by atoms with Crippen molar-refractivity contribution in [3.05, 3.63) is 35.9 Å². The van der Waals surface area contributed by atoms with Crippen molar-refractivity contribution in [3.8, 4) is 0 Å². The Labute approximate surface area is 168 Å². The summed E-state index contributed by atoms with van der Waals surface area (Å²) in [5.74, 6) is -1.43. The molecule has 3 atom stereocenters. The highest BCUT2D eigenvalue weighted by atomic mass is 16.6. The minimum atomic E-state index is -1.18. The van der Waals surface area contributed by atoms with Crippen LogP contribution in [0.1, 0.15) is 39.3 Å². The minimum absolute atomic E-state index is 0.00217. The van der Waals surface area contributed by atoms with Crippen LogP contribution in [0, 0.1) is 0 Å². The lowest BCUT2D eigenvalue weighted by molar-refractivity contribution is -0.144. The molecule has 1 aromatic carbocycles. The fourth-order valence-electron chi connectivity index (χ4n) is 3.23. The number of ether oxygens (including phenoxy) is 3. The van der Waals surface area contributed by atoms with E-state index in [-0.39, 0.29) is 13.2 Å². The Morgan fingerprint density at radius 3 is 2.38 bits per heavy atom. The third-order valence-electron chi connectivity index (χ3n) is 4.49. The maximum Gasteiger partial charge on any atom is 0.417 e. The average Bonchev–Trinajstić information content (AvgIpc) is 3.29. The first kappa shape index (κ1) is 20.6. The lowest BCUT2D eigenvalue weighted by atomic mass is 10.1. The molecule has 0 radical (unpaired) electrons. The van der Waals surface area contributed by atoms with Gasteiger partial charge in [0, 0.05) is 0 Å². The van der Waals surface area contributed by atoms with Gasteiger partial charge in [0.25, 0.3) is 5.91 Å². The summed E-state index contributed by atoms with van der Waals surface area (Å²) in [5.41, 5.74) is -0.102. The molecule has 3 rings (SSSR count). The van der Waals surface area contributed by atoms with Crippen LogP contribution >= 0.6 is 0 Å². The Balaban J connectivity index is 1.85. The zero-order valence-corrected chi connectivity index (χ0v) is 16.8. The van der Waals surface area contributed by atoms with Gasteiger partial charge in [-0.15, -0.1) is 0 Å². The number of esters is 1. The van der Waals surface area contributed by atoms with Crippen molar-refractivity contribution in [1.82, 2.24) is 9.80 Å². The standard InChI is InChI=1S/C20H24N2O7/c1-5-27-17(24)15-14(22(15)19(26)29-20(2,3)4)16(23)21-13(11-28-18(21)25)12-9-7-6-8-10-12/h6-10,13-15H,5,11H2,1-4H3/t13-,14-,15?,22?/m1/s1. The van der Waals surface area contributed by atoms with Gasteiger partial charge in [-0.1, -0.05) is 30.3 Å². The zero-order valence-electron chi connectivity index (χ0n) is 16.8. The summed E-state index contributed by atoms with van der Waals surface area (Å²) in [6, 6.07) is 5.97. The second-order valence-electron chi connectivity index (χ2n) is 7.74. The van der Waals surface area contributed by atoms with Crippen LogP contribution in [0.5, 0.6) is 0 Å². The van der Waals surface area contributed by atoms with E-state index in [4.69, 9.17) is 14.2 Å². The molecule has 2 aliphatic rings. The van der Waals surface area contributed by atoms with Crippen molar-refractivity contribution in [2.75, 3.05) is 13.2 Å². The molecule has 1 aromatic rings. The van der Waals surface area contributed by atoms with Gasteiger partial charge in [-0.05, 0) is 33.3 Å². The van der Waals surface area contributed by atoms with E-state index >= 15 is 0 Å². The summed E-state index contributed by atoms with van der Waals surface area (Å²) < 4.78 is 15.3. The molecule has 2 heterocycles. The third kappa shape index (κ3) is 4.18. The molecule has 0 aromatic heterocycles. The van der Waals surface area contributed by atoms with Crippen molar-refractivity contribution >= 4 is 24.1 Å². The van der Waals surface area contributed by atoms with Crippen molar-refractivity contribution in [2.24, 2.45) is 0 Å². The van der Waals surface area contributed by atoms with Crippen LogP contribution in [0.2, 0.25) is 0 Å². The Bertz CT molecular complexity index is 818. The molecule has 3 amide bonds. The first-order valence-corrected chi connectivity index (χ1v) is 9.38. The Kier molecular flexibility index (Phi) is 5.50. The molecule has 156 valence electrons. The predicted molar refractivity (Wildman–Crippen MR) is 99.7 cm³/mol. The molecule has 0 bridgehead atoms. The fourth-order valence-corrected chi connectivity index (χ4v) is 3.23. The molecular weight excluding hydrogens is 380 g/mol. The first-order chi connectivity index (χ1) is 13.7. The van der Waals surface area contributed by atoms with Crippen LogP contribution < -0.4 is 0 Å². The van der Waals surface area contributed by atoms with Gasteiger partial charge in [-0.2, -0.15) is 0 Å². The maximum atomic E-state index is 13.2. The number of hydrogen-bond acceptors (Lipinski definition) is 7. The average molecular weight is 404 g/mol. The van der Waals surface area contributed by atoms with E-state index in [9.17, 15) is 19.2 Å². The van der Waals surface area contributed by atoms with E-state index in [1.807, 2.05) is 6.07 Å². The number of imide groups is 1. The highest BCUT2D eigenvalue weighted by Gasteiger charge is 2.64. The van der Waals surface area contributed by atoms with Crippen molar-refractivity contribution in [1.29, 1.82) is 0 Å². The number of carbonyl (C=O) groups is 4. The number of hydrogen-bond donors (Lipinski definition) is 0. The Hall–Kier alpha value is -3.10. The predicted octanol–water partition coefficient (Wildman–Crippen LogP) is 2.26. The number of amides is 3. The zero-order chi connectivity index (χ0) is 21.3. The normalized spacial score (nSPS) is 23.4. The second kappa shape index (κ2) is 7.73. The van der Waals surface area contributed by atoms with E-state index < -0.39 is 47.8 Å². The number of carbonyl (C=O) groups excluding carboxylic acids is 4. The number of nitrogens with zero attached hydrogens (tertiary/aromatic N) is 2. The molecule has 0 N–H and O–H groups in total. The topological polar surface area (TPSA) is 102 Å². The lowest BCUT2D eigenvalue weighted by Crippen LogP contribution is -2.40. The molecule has 2 aliphatic heterocycles. The Morgan fingerprint density at radius 1 is 1.14 bits per heavy atom. The van der Waals surface area contributed by atoms with E-state index in [1.54, 1.807) is 52.0 Å². The summed E-state index contributed by atoms with van der Waals surface area (Å²) in [6.07, 6.45) is -1.64. The van der Waals surface area contributed by atoms with Gasteiger partial charge in [0.2, 0.25) is 0 Å². The van der Waals surface area contributed by atoms with Crippen LogP contribution in [0.15, 0.2) is 30.3 Å². The lowest BCUT2D eigenvalue weighted by Gasteiger charge is -2.21. The van der Waals surface area contributed by atoms with Gasteiger partial charge < -0.3 is 14.2 Å². The number of cyclic esters (lactones) is 1. The largest absolute Gasteiger partial charge is 0.464 e. The van der Waals surface area contributed by atoms with Gasteiger partial charge >= 0.3 is 18.2 Å². The summed E-state index contributed by atoms with van der Waals surface area (Å²) in [4.78, 5) is 52.2. The molecule has 1 unspecified atom stereocenters.